The number of hydrogen-bond donors (Lipinski definition) is 2. The van der Waals surface area contributed by atoms with Crippen molar-refractivity contribution in [3.63, 3.8) is 0 Å². The highest BCUT2D eigenvalue weighted by atomic mass is 35.5. The summed E-state index contributed by atoms with van der Waals surface area (Å²) >= 11 is 13.1. The minimum Gasteiger partial charge on any atom is -0.350 e. The van der Waals surface area contributed by atoms with Gasteiger partial charge in [-0.2, -0.15) is 4.98 Å². The number of rotatable bonds is 7. The Morgan fingerprint density at radius 2 is 1.82 bits per heavy atom. The first-order valence-electron chi connectivity index (χ1n) is 11.4. The van der Waals surface area contributed by atoms with Crippen LogP contribution < -0.4 is 10.6 Å². The molecule has 2 aromatic carbocycles. The number of nitrogens with zero attached hydrogens (tertiary/aromatic N) is 4. The second-order valence-corrected chi connectivity index (χ2v) is 9.37. The van der Waals surface area contributed by atoms with Crippen molar-refractivity contribution in [3.05, 3.63) is 70.1 Å². The normalized spacial score (nSPS) is 14.6. The lowest BCUT2D eigenvalue weighted by Gasteiger charge is -2.23. The molecule has 0 saturated carbocycles. The molecule has 9 heteroatoms. The molecule has 0 radical (unpaired) electrons. The van der Waals surface area contributed by atoms with Crippen LogP contribution in [0, 0.1) is 11.7 Å². The highest BCUT2D eigenvalue weighted by Crippen LogP contribution is 2.36. The van der Waals surface area contributed by atoms with Gasteiger partial charge >= 0.3 is 0 Å². The third-order valence-corrected chi connectivity index (χ3v) is 6.86. The number of aromatic nitrogens is 4. The molecule has 3 heterocycles. The maximum Gasteiger partial charge on any atom is 0.225 e. The minimum atomic E-state index is -0.270. The summed E-state index contributed by atoms with van der Waals surface area (Å²) in [5, 5.41) is 7.71. The van der Waals surface area contributed by atoms with Gasteiger partial charge < -0.3 is 15.2 Å². The van der Waals surface area contributed by atoms with Gasteiger partial charge in [0.2, 0.25) is 5.95 Å². The fourth-order valence-corrected chi connectivity index (χ4v) is 4.99. The summed E-state index contributed by atoms with van der Waals surface area (Å²) in [5.74, 6) is 1.52. The number of fused-ring (bicyclic) bond motifs is 1. The van der Waals surface area contributed by atoms with Gasteiger partial charge in [-0.15, -0.1) is 0 Å². The van der Waals surface area contributed by atoms with E-state index in [1.165, 1.54) is 12.1 Å². The van der Waals surface area contributed by atoms with E-state index in [1.54, 1.807) is 12.3 Å². The summed E-state index contributed by atoms with van der Waals surface area (Å²) in [5.41, 5.74) is 2.90. The van der Waals surface area contributed by atoms with E-state index in [0.717, 1.165) is 50.1 Å². The van der Waals surface area contributed by atoms with Crippen LogP contribution in [0.4, 0.5) is 10.3 Å². The van der Waals surface area contributed by atoms with E-state index in [2.05, 4.69) is 20.2 Å². The molecule has 5 rings (SSSR count). The molecule has 4 aromatic rings. The van der Waals surface area contributed by atoms with Gasteiger partial charge in [0.15, 0.2) is 5.65 Å². The summed E-state index contributed by atoms with van der Waals surface area (Å²) < 4.78 is 15.6. The zero-order chi connectivity index (χ0) is 23.5. The van der Waals surface area contributed by atoms with Crippen LogP contribution >= 0.6 is 23.2 Å². The lowest BCUT2D eigenvalue weighted by Crippen LogP contribution is -2.28. The van der Waals surface area contributed by atoms with Crippen molar-refractivity contribution in [2.24, 2.45) is 5.92 Å². The Morgan fingerprint density at radius 1 is 1.06 bits per heavy atom. The quantitative estimate of drug-likeness (QED) is 0.330. The van der Waals surface area contributed by atoms with Crippen LogP contribution in [0.3, 0.4) is 0 Å². The molecular weight excluding hydrogens is 474 g/mol. The maximum atomic E-state index is 13.5. The second-order valence-electron chi connectivity index (χ2n) is 8.55. The third-order valence-electron chi connectivity index (χ3n) is 6.23. The van der Waals surface area contributed by atoms with Crippen LogP contribution in [0.2, 0.25) is 10.0 Å². The number of hydrogen-bond acceptors (Lipinski definition) is 5. The van der Waals surface area contributed by atoms with Crippen molar-refractivity contribution < 1.29 is 4.39 Å². The summed E-state index contributed by atoms with van der Waals surface area (Å²) in [6, 6.07) is 11.9. The standard InChI is InChI=1S/C25H25Cl2FN6/c26-19-5-2-6-20(27)22(19)24-32-21-15-31-25(30-14-17-3-1-4-18(28)13-17)33-23(21)34(24)12-9-16-7-10-29-11-8-16/h1-6,13,15-16,29H,7-12,14H2,(H,30,31,33). The lowest BCUT2D eigenvalue weighted by molar-refractivity contribution is 0.339. The Labute approximate surface area is 207 Å². The largest absolute Gasteiger partial charge is 0.350 e. The molecule has 176 valence electrons. The van der Waals surface area contributed by atoms with Crippen LogP contribution in [0.5, 0.6) is 0 Å². The van der Waals surface area contributed by atoms with Gasteiger partial charge in [0.25, 0.3) is 0 Å². The number of imidazole rings is 1. The highest BCUT2D eigenvalue weighted by Gasteiger charge is 2.21. The molecule has 1 aliphatic heterocycles. The molecule has 0 amide bonds. The van der Waals surface area contributed by atoms with Gasteiger partial charge in [-0.3, -0.25) is 0 Å². The Balaban J connectivity index is 1.50. The molecule has 6 nitrogen and oxygen atoms in total. The average molecular weight is 499 g/mol. The molecule has 1 fully saturated rings. The molecule has 0 atom stereocenters. The van der Waals surface area contributed by atoms with Crippen molar-refractivity contribution >= 4 is 40.3 Å². The Bertz CT molecular complexity index is 1280. The van der Waals surface area contributed by atoms with Gasteiger partial charge in [0.05, 0.1) is 21.8 Å². The fourth-order valence-electron chi connectivity index (χ4n) is 4.43. The van der Waals surface area contributed by atoms with Crippen molar-refractivity contribution in [1.29, 1.82) is 0 Å². The zero-order valence-electron chi connectivity index (χ0n) is 18.6. The first-order valence-corrected chi connectivity index (χ1v) is 12.2. The average Bonchev–Trinajstić information content (AvgIpc) is 3.19. The first kappa shape index (κ1) is 23.0. The van der Waals surface area contributed by atoms with Crippen molar-refractivity contribution in [2.45, 2.75) is 32.4 Å². The summed E-state index contributed by atoms with van der Waals surface area (Å²) in [4.78, 5) is 14.0. The molecule has 0 unspecified atom stereocenters. The van der Waals surface area contributed by atoms with Gasteiger partial charge in [-0.05, 0) is 68.1 Å². The van der Waals surface area contributed by atoms with Crippen LogP contribution in [0.1, 0.15) is 24.8 Å². The summed E-state index contributed by atoms with van der Waals surface area (Å²) in [6.07, 6.45) is 5.03. The topological polar surface area (TPSA) is 67.7 Å². The number of benzene rings is 2. The maximum absolute atomic E-state index is 13.5. The van der Waals surface area contributed by atoms with E-state index in [0.29, 0.717) is 45.4 Å². The smallest absolute Gasteiger partial charge is 0.225 e. The van der Waals surface area contributed by atoms with E-state index < -0.39 is 0 Å². The predicted molar refractivity (Wildman–Crippen MR) is 135 cm³/mol. The van der Waals surface area contributed by atoms with Gasteiger partial charge in [-0.25, -0.2) is 14.4 Å². The fraction of sp³-hybridized carbons (Fsp3) is 0.320. The Hall–Kier alpha value is -2.74. The number of halogens is 3. The lowest BCUT2D eigenvalue weighted by atomic mass is 9.95. The molecular formula is C25H25Cl2FN6. The summed E-state index contributed by atoms with van der Waals surface area (Å²) in [6.45, 7) is 3.26. The zero-order valence-corrected chi connectivity index (χ0v) is 20.1. The van der Waals surface area contributed by atoms with Crippen LogP contribution in [-0.4, -0.2) is 32.6 Å². The van der Waals surface area contributed by atoms with Gasteiger partial charge in [0, 0.05) is 13.1 Å². The van der Waals surface area contributed by atoms with E-state index >= 15 is 0 Å². The van der Waals surface area contributed by atoms with Crippen molar-refractivity contribution in [3.8, 4) is 11.4 Å². The van der Waals surface area contributed by atoms with Crippen LogP contribution in [0.25, 0.3) is 22.6 Å². The van der Waals surface area contributed by atoms with Gasteiger partial charge in [-0.1, -0.05) is 41.4 Å². The first-order chi connectivity index (χ1) is 16.6. The van der Waals surface area contributed by atoms with E-state index in [9.17, 15) is 4.39 Å². The van der Waals surface area contributed by atoms with E-state index in [-0.39, 0.29) is 5.82 Å². The van der Waals surface area contributed by atoms with E-state index in [1.807, 2.05) is 24.3 Å². The SMILES string of the molecule is Fc1cccc(CNc2ncc3nc(-c4c(Cl)cccc4Cl)n(CCC4CCNCC4)c3n2)c1. The number of nitrogens with one attached hydrogen (secondary N) is 2. The second kappa shape index (κ2) is 10.3. The van der Waals surface area contributed by atoms with Crippen molar-refractivity contribution in [2.75, 3.05) is 18.4 Å². The van der Waals surface area contributed by atoms with Crippen LogP contribution in [-0.2, 0) is 13.1 Å². The molecule has 2 N–H and O–H groups in total. The molecule has 0 spiro atoms. The Kier molecular flexibility index (Phi) is 6.94. The molecule has 1 saturated heterocycles. The van der Waals surface area contributed by atoms with Crippen LogP contribution in [0.15, 0.2) is 48.7 Å². The monoisotopic (exact) mass is 498 g/mol. The van der Waals surface area contributed by atoms with Crippen molar-refractivity contribution in [1.82, 2.24) is 24.8 Å². The molecule has 1 aliphatic rings. The molecule has 0 aliphatic carbocycles. The predicted octanol–water partition coefficient (Wildman–Crippen LogP) is 5.94. The minimum absolute atomic E-state index is 0.270. The van der Waals surface area contributed by atoms with E-state index in [4.69, 9.17) is 33.2 Å². The molecule has 34 heavy (non-hydrogen) atoms. The summed E-state index contributed by atoms with van der Waals surface area (Å²) in [7, 11) is 0. The molecule has 2 aromatic heterocycles. The highest BCUT2D eigenvalue weighted by molar-refractivity contribution is 6.39. The molecule has 0 bridgehead atoms. The number of aryl methyl sites for hydroxylation is 1. The van der Waals surface area contributed by atoms with Gasteiger partial charge in [0.1, 0.15) is 17.2 Å². The number of anilines is 1. The third kappa shape index (κ3) is 5.02. The number of piperidine rings is 1. The Morgan fingerprint density at radius 3 is 2.59 bits per heavy atom.